The third-order valence-corrected chi connectivity index (χ3v) is 3.98. The van der Waals surface area contributed by atoms with Gasteiger partial charge in [-0.05, 0) is 31.6 Å². The van der Waals surface area contributed by atoms with Gasteiger partial charge >= 0.3 is 0 Å². The molecule has 0 bridgehead atoms. The fourth-order valence-electron chi connectivity index (χ4n) is 3.08. The highest BCUT2D eigenvalue weighted by molar-refractivity contribution is 5.84. The van der Waals surface area contributed by atoms with Crippen LogP contribution < -0.4 is 0 Å². The Bertz CT molecular complexity index is 191. The molecule has 0 heterocycles. The molecule has 13 heavy (non-hydrogen) atoms. The molecule has 2 saturated carbocycles. The predicted octanol–water partition coefficient (Wildman–Crippen LogP) is 3.18. The van der Waals surface area contributed by atoms with Gasteiger partial charge < -0.3 is 0 Å². The van der Waals surface area contributed by atoms with E-state index in [4.69, 9.17) is 0 Å². The Morgan fingerprint density at radius 3 is 2.23 bits per heavy atom. The van der Waals surface area contributed by atoms with E-state index in [1.807, 2.05) is 0 Å². The second-order valence-corrected chi connectivity index (χ2v) is 4.90. The van der Waals surface area contributed by atoms with E-state index < -0.39 is 0 Å². The number of ketones is 1. The van der Waals surface area contributed by atoms with E-state index in [0.29, 0.717) is 23.5 Å². The first kappa shape index (κ1) is 9.23. The largest absolute Gasteiger partial charge is 0.299 e. The van der Waals surface area contributed by atoms with Crippen molar-refractivity contribution in [1.29, 1.82) is 0 Å². The van der Waals surface area contributed by atoms with Crippen LogP contribution in [0.5, 0.6) is 0 Å². The third kappa shape index (κ3) is 1.79. The molecule has 2 aliphatic carbocycles. The topological polar surface area (TPSA) is 17.1 Å². The van der Waals surface area contributed by atoms with Crippen LogP contribution in [0.25, 0.3) is 0 Å². The number of rotatable bonds is 2. The van der Waals surface area contributed by atoms with Crippen molar-refractivity contribution in [1.82, 2.24) is 0 Å². The minimum Gasteiger partial charge on any atom is -0.299 e. The molecule has 2 aliphatic rings. The fraction of sp³-hybridized carbons (Fsp3) is 0.917. The molecule has 0 aliphatic heterocycles. The average Bonchev–Trinajstić information content (AvgIpc) is 2.72. The Morgan fingerprint density at radius 1 is 1.00 bits per heavy atom. The van der Waals surface area contributed by atoms with Gasteiger partial charge in [-0.3, -0.25) is 4.79 Å². The zero-order valence-electron chi connectivity index (χ0n) is 8.59. The third-order valence-electron chi connectivity index (χ3n) is 3.98. The molecular weight excluding hydrogens is 160 g/mol. The van der Waals surface area contributed by atoms with Crippen molar-refractivity contribution in [2.75, 3.05) is 0 Å². The normalized spacial score (nSPS) is 35.5. The van der Waals surface area contributed by atoms with Gasteiger partial charge in [-0.2, -0.15) is 0 Å². The smallest absolute Gasteiger partial charge is 0.139 e. The maximum absolute atomic E-state index is 12.1. The molecule has 0 saturated heterocycles. The van der Waals surface area contributed by atoms with Crippen LogP contribution in [0.1, 0.15) is 51.9 Å². The number of hydrogen-bond acceptors (Lipinski definition) is 1. The zero-order chi connectivity index (χ0) is 9.26. The first-order valence-corrected chi connectivity index (χ1v) is 5.83. The van der Waals surface area contributed by atoms with Gasteiger partial charge in [-0.15, -0.1) is 0 Å². The Morgan fingerprint density at radius 2 is 1.69 bits per heavy atom. The summed E-state index contributed by atoms with van der Waals surface area (Å²) in [5.41, 5.74) is 0. The van der Waals surface area contributed by atoms with Gasteiger partial charge in [0, 0.05) is 11.8 Å². The monoisotopic (exact) mass is 180 g/mol. The zero-order valence-corrected chi connectivity index (χ0v) is 8.59. The van der Waals surface area contributed by atoms with Crippen molar-refractivity contribution in [2.45, 2.75) is 51.9 Å². The molecule has 0 aromatic rings. The summed E-state index contributed by atoms with van der Waals surface area (Å²) in [6.45, 7) is 2.25. The van der Waals surface area contributed by atoms with Crippen molar-refractivity contribution < 1.29 is 4.79 Å². The molecule has 0 N–H and O–H groups in total. The van der Waals surface area contributed by atoms with E-state index in [-0.39, 0.29) is 0 Å². The van der Waals surface area contributed by atoms with Crippen LogP contribution in [0.4, 0.5) is 0 Å². The number of hydrogen-bond donors (Lipinski definition) is 0. The molecule has 74 valence electrons. The minimum atomic E-state index is 0.433. The maximum atomic E-state index is 12.1. The summed E-state index contributed by atoms with van der Waals surface area (Å²) >= 11 is 0. The van der Waals surface area contributed by atoms with E-state index >= 15 is 0 Å². The number of carbonyl (C=O) groups excluding carboxylic acids is 1. The van der Waals surface area contributed by atoms with Crippen molar-refractivity contribution in [2.24, 2.45) is 17.8 Å². The summed E-state index contributed by atoms with van der Waals surface area (Å²) in [5.74, 6) is 2.17. The van der Waals surface area contributed by atoms with Crippen molar-refractivity contribution >= 4 is 5.78 Å². The average molecular weight is 180 g/mol. The van der Waals surface area contributed by atoms with Gasteiger partial charge in [0.2, 0.25) is 0 Å². The molecule has 0 aromatic carbocycles. The maximum Gasteiger partial charge on any atom is 0.139 e. The van der Waals surface area contributed by atoms with E-state index in [1.165, 1.54) is 44.9 Å². The summed E-state index contributed by atoms with van der Waals surface area (Å²) in [7, 11) is 0. The minimum absolute atomic E-state index is 0.433. The highest BCUT2D eigenvalue weighted by Crippen LogP contribution is 2.37. The molecule has 2 fully saturated rings. The lowest BCUT2D eigenvalue weighted by molar-refractivity contribution is -0.127. The lowest BCUT2D eigenvalue weighted by atomic mass is 9.85. The lowest BCUT2D eigenvalue weighted by Crippen LogP contribution is -2.23. The summed E-state index contributed by atoms with van der Waals surface area (Å²) in [6, 6.07) is 0. The van der Waals surface area contributed by atoms with Gasteiger partial charge in [0.05, 0.1) is 0 Å². The van der Waals surface area contributed by atoms with Crippen LogP contribution in [-0.2, 0) is 4.79 Å². The lowest BCUT2D eigenvalue weighted by Gasteiger charge is -2.17. The SMILES string of the molecule is CC1CCCC1C(=O)C1CCCC1. The molecule has 1 nitrogen and oxygen atoms in total. The summed E-state index contributed by atoms with van der Waals surface area (Å²) in [4.78, 5) is 12.1. The van der Waals surface area contributed by atoms with E-state index in [1.54, 1.807) is 0 Å². The Labute approximate surface area is 80.9 Å². The molecule has 0 aromatic heterocycles. The van der Waals surface area contributed by atoms with Crippen LogP contribution in [-0.4, -0.2) is 5.78 Å². The second kappa shape index (κ2) is 3.81. The molecule has 2 rings (SSSR count). The van der Waals surface area contributed by atoms with Crippen LogP contribution >= 0.6 is 0 Å². The van der Waals surface area contributed by atoms with Crippen molar-refractivity contribution in [3.8, 4) is 0 Å². The Hall–Kier alpha value is -0.330. The first-order valence-electron chi connectivity index (χ1n) is 5.83. The van der Waals surface area contributed by atoms with Crippen molar-refractivity contribution in [3.05, 3.63) is 0 Å². The van der Waals surface area contributed by atoms with Crippen LogP contribution in [0, 0.1) is 17.8 Å². The van der Waals surface area contributed by atoms with E-state index in [0.717, 1.165) is 0 Å². The van der Waals surface area contributed by atoms with Gasteiger partial charge in [0.15, 0.2) is 0 Å². The number of carbonyl (C=O) groups is 1. The first-order chi connectivity index (χ1) is 6.29. The van der Waals surface area contributed by atoms with Gasteiger partial charge in [0.1, 0.15) is 5.78 Å². The van der Waals surface area contributed by atoms with Crippen LogP contribution in [0.15, 0.2) is 0 Å². The molecule has 0 radical (unpaired) electrons. The summed E-state index contributed by atoms with van der Waals surface area (Å²) in [5, 5.41) is 0. The van der Waals surface area contributed by atoms with Gasteiger partial charge in [-0.25, -0.2) is 0 Å². The molecule has 2 unspecified atom stereocenters. The van der Waals surface area contributed by atoms with Crippen molar-refractivity contribution in [3.63, 3.8) is 0 Å². The quantitative estimate of drug-likeness (QED) is 0.638. The van der Waals surface area contributed by atoms with Gasteiger partial charge in [0.25, 0.3) is 0 Å². The van der Waals surface area contributed by atoms with E-state index in [9.17, 15) is 4.79 Å². The summed E-state index contributed by atoms with van der Waals surface area (Å²) in [6.07, 6.45) is 8.68. The molecule has 0 amide bonds. The molecule has 1 heteroatoms. The highest BCUT2D eigenvalue weighted by atomic mass is 16.1. The standard InChI is InChI=1S/C12H20O/c1-9-5-4-8-11(9)12(13)10-6-2-3-7-10/h9-11H,2-8H2,1H3. The Kier molecular flexibility index (Phi) is 2.71. The fourth-order valence-corrected chi connectivity index (χ4v) is 3.08. The second-order valence-electron chi connectivity index (χ2n) is 4.90. The predicted molar refractivity (Wildman–Crippen MR) is 53.5 cm³/mol. The molecule has 2 atom stereocenters. The van der Waals surface area contributed by atoms with E-state index in [2.05, 4.69) is 6.92 Å². The molecular formula is C12H20O. The summed E-state index contributed by atoms with van der Waals surface area (Å²) < 4.78 is 0. The Balaban J connectivity index is 1.95. The highest BCUT2D eigenvalue weighted by Gasteiger charge is 2.34. The van der Waals surface area contributed by atoms with Crippen LogP contribution in [0.3, 0.4) is 0 Å². The molecule has 0 spiro atoms. The van der Waals surface area contributed by atoms with Crippen LogP contribution in [0.2, 0.25) is 0 Å². The number of Topliss-reactive ketones (excluding diaryl/α,β-unsaturated/α-hetero) is 1. The van der Waals surface area contributed by atoms with Gasteiger partial charge in [-0.1, -0.05) is 26.2 Å².